The fourth-order valence-corrected chi connectivity index (χ4v) is 1.74. The number of hydrogen-bond donors (Lipinski definition) is 1. The minimum absolute atomic E-state index is 0.149. The third kappa shape index (κ3) is 2.62. The first-order chi connectivity index (χ1) is 8.19. The van der Waals surface area contributed by atoms with Crippen LogP contribution in [-0.4, -0.2) is 21.0 Å². The molecule has 0 aliphatic heterocycles. The van der Waals surface area contributed by atoms with Gasteiger partial charge in [0.15, 0.2) is 10.2 Å². The van der Waals surface area contributed by atoms with E-state index in [2.05, 4.69) is 9.97 Å². The zero-order valence-corrected chi connectivity index (χ0v) is 9.14. The number of carbonyl (C=O) groups is 1. The molecule has 0 unspecified atom stereocenters. The molecule has 0 aromatic carbocycles. The average molecular weight is 247 g/mol. The van der Waals surface area contributed by atoms with E-state index >= 15 is 0 Å². The Morgan fingerprint density at radius 2 is 2.29 bits per heavy atom. The molecule has 0 aliphatic rings. The van der Waals surface area contributed by atoms with E-state index < -0.39 is 5.97 Å². The zero-order valence-electron chi connectivity index (χ0n) is 8.32. The van der Waals surface area contributed by atoms with Crippen molar-refractivity contribution < 1.29 is 14.3 Å². The second-order valence-electron chi connectivity index (χ2n) is 2.86. The number of furan rings is 1. The van der Waals surface area contributed by atoms with Crippen LogP contribution in [0.4, 0.5) is 0 Å². The number of rotatable bonds is 3. The highest BCUT2D eigenvalue weighted by molar-refractivity contribution is 7.99. The number of nitriles is 1. The third-order valence-electron chi connectivity index (χ3n) is 1.73. The molecule has 0 saturated carbocycles. The van der Waals surface area contributed by atoms with Gasteiger partial charge in [0.1, 0.15) is 11.8 Å². The molecule has 2 rings (SSSR count). The molecule has 0 spiro atoms. The van der Waals surface area contributed by atoms with Crippen molar-refractivity contribution in [1.82, 2.24) is 9.97 Å². The summed E-state index contributed by atoms with van der Waals surface area (Å²) < 4.78 is 5.02. The third-order valence-corrected chi connectivity index (χ3v) is 2.53. The summed E-state index contributed by atoms with van der Waals surface area (Å²) in [4.78, 5) is 18.4. The monoisotopic (exact) mass is 247 g/mol. The SMILES string of the molecule is N#Cc1ccnc(Sc2ccc(C(=O)O)o2)n1. The van der Waals surface area contributed by atoms with Crippen LogP contribution in [-0.2, 0) is 0 Å². The van der Waals surface area contributed by atoms with E-state index in [0.29, 0.717) is 10.2 Å². The van der Waals surface area contributed by atoms with Gasteiger partial charge >= 0.3 is 5.97 Å². The summed E-state index contributed by atoms with van der Waals surface area (Å²) in [6.45, 7) is 0. The standard InChI is InChI=1S/C10H5N3O3S/c11-5-6-3-4-12-10(13-6)17-8-2-1-7(16-8)9(14)15/h1-4H,(H,14,15). The summed E-state index contributed by atoms with van der Waals surface area (Å²) in [5.41, 5.74) is 0.243. The van der Waals surface area contributed by atoms with Crippen molar-refractivity contribution in [2.75, 3.05) is 0 Å². The fraction of sp³-hybridized carbons (Fsp3) is 0. The lowest BCUT2D eigenvalue weighted by atomic mass is 10.5. The van der Waals surface area contributed by atoms with Crippen molar-refractivity contribution >= 4 is 17.7 Å². The quantitative estimate of drug-likeness (QED) is 0.825. The van der Waals surface area contributed by atoms with Gasteiger partial charge in [-0.1, -0.05) is 0 Å². The molecule has 0 aliphatic carbocycles. The Bertz CT molecular complexity index is 603. The number of carboxylic acid groups (broad SMARTS) is 1. The topological polar surface area (TPSA) is 100 Å². The molecule has 1 N–H and O–H groups in total. The lowest BCUT2D eigenvalue weighted by molar-refractivity contribution is 0.0656. The van der Waals surface area contributed by atoms with Gasteiger partial charge in [0.05, 0.1) is 0 Å². The molecule has 0 saturated heterocycles. The Balaban J connectivity index is 2.19. The molecule has 0 bridgehead atoms. The highest BCUT2D eigenvalue weighted by Crippen LogP contribution is 2.26. The van der Waals surface area contributed by atoms with Crippen molar-refractivity contribution in [3.63, 3.8) is 0 Å². The van der Waals surface area contributed by atoms with Crippen LogP contribution in [0, 0.1) is 11.3 Å². The summed E-state index contributed by atoms with van der Waals surface area (Å²) in [6.07, 6.45) is 1.45. The van der Waals surface area contributed by atoms with Crippen LogP contribution >= 0.6 is 11.8 Å². The van der Waals surface area contributed by atoms with Gasteiger partial charge < -0.3 is 9.52 Å². The van der Waals surface area contributed by atoms with Crippen LogP contribution in [0.15, 0.2) is 39.1 Å². The molecular weight excluding hydrogens is 242 g/mol. The molecule has 0 atom stereocenters. The van der Waals surface area contributed by atoms with Gasteiger partial charge in [0.2, 0.25) is 5.76 Å². The number of carboxylic acids is 1. The van der Waals surface area contributed by atoms with E-state index in [1.54, 1.807) is 0 Å². The normalized spacial score (nSPS) is 9.82. The smallest absolute Gasteiger partial charge is 0.371 e. The Hall–Kier alpha value is -2.33. The van der Waals surface area contributed by atoms with Gasteiger partial charge in [-0.2, -0.15) is 5.26 Å². The van der Waals surface area contributed by atoms with Gasteiger partial charge in [-0.25, -0.2) is 14.8 Å². The van der Waals surface area contributed by atoms with Crippen LogP contribution in [0.2, 0.25) is 0 Å². The van der Waals surface area contributed by atoms with E-state index in [1.165, 1.54) is 24.4 Å². The highest BCUT2D eigenvalue weighted by atomic mass is 32.2. The molecule has 17 heavy (non-hydrogen) atoms. The molecule has 0 fully saturated rings. The van der Waals surface area contributed by atoms with Crippen molar-refractivity contribution in [2.45, 2.75) is 10.2 Å². The Kier molecular flexibility index (Phi) is 3.07. The van der Waals surface area contributed by atoms with E-state index in [1.807, 2.05) is 6.07 Å². The minimum Gasteiger partial charge on any atom is -0.475 e. The maximum Gasteiger partial charge on any atom is 0.371 e. The van der Waals surface area contributed by atoms with Crippen molar-refractivity contribution in [2.24, 2.45) is 0 Å². The molecule has 6 nitrogen and oxygen atoms in total. The molecule has 0 amide bonds. The summed E-state index contributed by atoms with van der Waals surface area (Å²) in [6, 6.07) is 6.22. The molecule has 2 heterocycles. The summed E-state index contributed by atoms with van der Waals surface area (Å²) in [5.74, 6) is -1.28. The molecular formula is C10H5N3O3S. The minimum atomic E-state index is -1.14. The maximum atomic E-state index is 10.6. The number of nitrogens with zero attached hydrogens (tertiary/aromatic N) is 3. The van der Waals surface area contributed by atoms with Gasteiger partial charge in [0, 0.05) is 6.20 Å². The zero-order chi connectivity index (χ0) is 12.3. The van der Waals surface area contributed by atoms with Crippen LogP contribution in [0.3, 0.4) is 0 Å². The van der Waals surface area contributed by atoms with Crippen LogP contribution in [0.5, 0.6) is 0 Å². The number of aromatic carboxylic acids is 1. The Morgan fingerprint density at radius 3 is 2.94 bits per heavy atom. The molecule has 0 radical (unpaired) electrons. The Labute approximate surface area is 99.9 Å². The lowest BCUT2D eigenvalue weighted by Crippen LogP contribution is -1.91. The van der Waals surface area contributed by atoms with Gasteiger partial charge in [-0.3, -0.25) is 0 Å². The maximum absolute atomic E-state index is 10.6. The predicted molar refractivity (Wildman–Crippen MR) is 56.5 cm³/mol. The van der Waals surface area contributed by atoms with Gasteiger partial charge in [-0.15, -0.1) is 0 Å². The van der Waals surface area contributed by atoms with Gasteiger partial charge in [-0.05, 0) is 30.0 Å². The number of hydrogen-bond acceptors (Lipinski definition) is 6. The van der Waals surface area contributed by atoms with Crippen LogP contribution < -0.4 is 0 Å². The molecule has 2 aromatic heterocycles. The first kappa shape index (κ1) is 11.2. The molecule has 84 valence electrons. The second kappa shape index (κ2) is 4.67. The summed E-state index contributed by atoms with van der Waals surface area (Å²) in [7, 11) is 0. The molecule has 2 aromatic rings. The first-order valence-electron chi connectivity index (χ1n) is 4.43. The van der Waals surface area contributed by atoms with Gasteiger partial charge in [0.25, 0.3) is 0 Å². The van der Waals surface area contributed by atoms with Crippen LogP contribution in [0.1, 0.15) is 16.2 Å². The molecule has 7 heteroatoms. The highest BCUT2D eigenvalue weighted by Gasteiger charge is 2.11. The Morgan fingerprint density at radius 1 is 1.47 bits per heavy atom. The summed E-state index contributed by atoms with van der Waals surface area (Å²) in [5, 5.41) is 18.0. The lowest BCUT2D eigenvalue weighted by Gasteiger charge is -1.95. The second-order valence-corrected chi connectivity index (χ2v) is 3.83. The first-order valence-corrected chi connectivity index (χ1v) is 5.25. The largest absolute Gasteiger partial charge is 0.475 e. The van der Waals surface area contributed by atoms with Crippen molar-refractivity contribution in [3.05, 3.63) is 35.9 Å². The predicted octanol–water partition coefficient (Wildman–Crippen LogP) is 1.79. The van der Waals surface area contributed by atoms with E-state index in [0.717, 1.165) is 11.8 Å². The fourth-order valence-electron chi connectivity index (χ4n) is 1.03. The van der Waals surface area contributed by atoms with Crippen molar-refractivity contribution in [1.29, 1.82) is 5.26 Å². The van der Waals surface area contributed by atoms with E-state index in [-0.39, 0.29) is 11.5 Å². The van der Waals surface area contributed by atoms with Crippen molar-refractivity contribution in [3.8, 4) is 6.07 Å². The summed E-state index contributed by atoms with van der Waals surface area (Å²) >= 11 is 1.05. The van der Waals surface area contributed by atoms with Crippen LogP contribution in [0.25, 0.3) is 0 Å². The average Bonchev–Trinajstić information content (AvgIpc) is 2.78. The van der Waals surface area contributed by atoms with E-state index in [9.17, 15) is 4.79 Å². The van der Waals surface area contributed by atoms with E-state index in [4.69, 9.17) is 14.8 Å². The number of aromatic nitrogens is 2.